The zero-order valence-corrected chi connectivity index (χ0v) is 15.3. The molecule has 6 heteroatoms. The van der Waals surface area contributed by atoms with E-state index >= 15 is 0 Å². The molecule has 0 spiro atoms. The lowest BCUT2D eigenvalue weighted by Gasteiger charge is -2.37. The SMILES string of the molecule is Cc1cccc(N2CCC(NC(=O)N3CCCC(C(C)O)C3)CC2)n1. The quantitative estimate of drug-likeness (QED) is 0.880. The minimum absolute atomic E-state index is 0.0254. The van der Waals surface area contributed by atoms with E-state index in [-0.39, 0.29) is 24.1 Å². The van der Waals surface area contributed by atoms with Crippen LogP contribution in [-0.2, 0) is 0 Å². The van der Waals surface area contributed by atoms with Gasteiger partial charge in [-0.3, -0.25) is 0 Å². The fraction of sp³-hybridized carbons (Fsp3) is 0.684. The van der Waals surface area contributed by atoms with Gasteiger partial charge in [0.1, 0.15) is 5.82 Å². The van der Waals surface area contributed by atoms with Crippen molar-refractivity contribution in [3.63, 3.8) is 0 Å². The number of pyridine rings is 1. The summed E-state index contributed by atoms with van der Waals surface area (Å²) >= 11 is 0. The molecule has 2 aliphatic rings. The highest BCUT2D eigenvalue weighted by Gasteiger charge is 2.28. The summed E-state index contributed by atoms with van der Waals surface area (Å²) in [7, 11) is 0. The summed E-state index contributed by atoms with van der Waals surface area (Å²) in [6.07, 6.45) is 3.51. The average molecular weight is 346 g/mol. The third-order valence-electron chi connectivity index (χ3n) is 5.45. The molecule has 3 rings (SSSR count). The lowest BCUT2D eigenvalue weighted by atomic mass is 9.93. The molecule has 2 saturated heterocycles. The summed E-state index contributed by atoms with van der Waals surface area (Å²) in [4.78, 5) is 21.3. The van der Waals surface area contributed by atoms with Gasteiger partial charge in [-0.1, -0.05) is 6.07 Å². The van der Waals surface area contributed by atoms with Gasteiger partial charge in [-0.2, -0.15) is 0 Å². The Hall–Kier alpha value is -1.82. The highest BCUT2D eigenvalue weighted by Crippen LogP contribution is 2.21. The molecule has 0 aromatic carbocycles. The maximum absolute atomic E-state index is 12.5. The molecule has 3 heterocycles. The van der Waals surface area contributed by atoms with E-state index in [2.05, 4.69) is 21.3 Å². The molecule has 2 N–H and O–H groups in total. The average Bonchev–Trinajstić information content (AvgIpc) is 2.62. The predicted molar refractivity (Wildman–Crippen MR) is 98.7 cm³/mol. The van der Waals surface area contributed by atoms with Gasteiger partial charge in [0.15, 0.2) is 0 Å². The molecular weight excluding hydrogens is 316 g/mol. The van der Waals surface area contributed by atoms with E-state index in [0.717, 1.165) is 56.8 Å². The van der Waals surface area contributed by atoms with E-state index < -0.39 is 0 Å². The number of aliphatic hydroxyl groups is 1. The third-order valence-corrected chi connectivity index (χ3v) is 5.45. The molecule has 2 fully saturated rings. The van der Waals surface area contributed by atoms with Crippen LogP contribution in [0, 0.1) is 12.8 Å². The molecule has 2 unspecified atom stereocenters. The van der Waals surface area contributed by atoms with Gasteiger partial charge in [-0.15, -0.1) is 0 Å². The van der Waals surface area contributed by atoms with Gasteiger partial charge in [-0.25, -0.2) is 9.78 Å². The number of aromatic nitrogens is 1. The van der Waals surface area contributed by atoms with Crippen molar-refractivity contribution in [2.45, 2.75) is 51.7 Å². The Kier molecular flexibility index (Phi) is 5.78. The first-order valence-corrected chi connectivity index (χ1v) is 9.45. The van der Waals surface area contributed by atoms with E-state index in [1.165, 1.54) is 0 Å². The van der Waals surface area contributed by atoms with Crippen LogP contribution in [0.25, 0.3) is 0 Å². The van der Waals surface area contributed by atoms with Crippen LogP contribution < -0.4 is 10.2 Å². The fourth-order valence-corrected chi connectivity index (χ4v) is 3.81. The molecule has 25 heavy (non-hydrogen) atoms. The molecule has 0 bridgehead atoms. The Bertz CT molecular complexity index is 585. The maximum atomic E-state index is 12.5. The second-order valence-corrected chi connectivity index (χ2v) is 7.44. The Balaban J connectivity index is 1.48. The first-order valence-electron chi connectivity index (χ1n) is 9.45. The second-order valence-electron chi connectivity index (χ2n) is 7.44. The minimum atomic E-state index is -0.347. The van der Waals surface area contributed by atoms with Crippen molar-refractivity contribution in [3.8, 4) is 0 Å². The van der Waals surface area contributed by atoms with E-state index in [1.54, 1.807) is 0 Å². The van der Waals surface area contributed by atoms with Crippen LogP contribution in [0.4, 0.5) is 10.6 Å². The number of amides is 2. The molecule has 2 amide bonds. The van der Waals surface area contributed by atoms with Crippen LogP contribution in [0.3, 0.4) is 0 Å². The molecule has 0 aliphatic carbocycles. The van der Waals surface area contributed by atoms with E-state index in [4.69, 9.17) is 0 Å². The number of hydrogen-bond acceptors (Lipinski definition) is 4. The smallest absolute Gasteiger partial charge is 0.317 e. The summed E-state index contributed by atoms with van der Waals surface area (Å²) < 4.78 is 0. The number of anilines is 1. The van der Waals surface area contributed by atoms with Gasteiger partial charge in [-0.05, 0) is 51.7 Å². The number of rotatable bonds is 3. The Morgan fingerprint density at radius 1 is 1.28 bits per heavy atom. The Morgan fingerprint density at radius 3 is 2.72 bits per heavy atom. The van der Waals surface area contributed by atoms with Crippen LogP contribution in [0.15, 0.2) is 18.2 Å². The van der Waals surface area contributed by atoms with Crippen molar-refractivity contribution in [3.05, 3.63) is 23.9 Å². The number of carbonyl (C=O) groups excluding carboxylic acids is 1. The van der Waals surface area contributed by atoms with Gasteiger partial charge < -0.3 is 20.2 Å². The van der Waals surface area contributed by atoms with Gasteiger partial charge in [0, 0.05) is 43.8 Å². The fourth-order valence-electron chi connectivity index (χ4n) is 3.81. The number of likely N-dealkylation sites (tertiary alicyclic amines) is 1. The molecule has 1 aromatic heterocycles. The molecule has 6 nitrogen and oxygen atoms in total. The molecule has 138 valence electrons. The summed E-state index contributed by atoms with van der Waals surface area (Å²) in [6.45, 7) is 7.11. The summed E-state index contributed by atoms with van der Waals surface area (Å²) in [5, 5.41) is 13.0. The first kappa shape index (κ1) is 18.0. The number of aliphatic hydroxyl groups excluding tert-OH is 1. The van der Waals surface area contributed by atoms with Crippen molar-refractivity contribution in [2.24, 2.45) is 5.92 Å². The normalized spacial score (nSPS) is 23.4. The third kappa shape index (κ3) is 4.63. The lowest BCUT2D eigenvalue weighted by Crippen LogP contribution is -2.52. The van der Waals surface area contributed by atoms with Gasteiger partial charge >= 0.3 is 6.03 Å². The van der Waals surface area contributed by atoms with E-state index in [0.29, 0.717) is 6.54 Å². The van der Waals surface area contributed by atoms with Gasteiger partial charge in [0.05, 0.1) is 6.10 Å². The van der Waals surface area contributed by atoms with Crippen LogP contribution in [-0.4, -0.2) is 59.3 Å². The number of hydrogen-bond donors (Lipinski definition) is 2. The zero-order valence-electron chi connectivity index (χ0n) is 15.3. The number of nitrogens with zero attached hydrogens (tertiary/aromatic N) is 3. The summed E-state index contributed by atoms with van der Waals surface area (Å²) in [5.74, 6) is 1.23. The van der Waals surface area contributed by atoms with Crippen molar-refractivity contribution in [1.29, 1.82) is 0 Å². The van der Waals surface area contributed by atoms with Crippen molar-refractivity contribution >= 4 is 11.8 Å². The summed E-state index contributed by atoms with van der Waals surface area (Å²) in [6, 6.07) is 6.35. The van der Waals surface area contributed by atoms with Crippen molar-refractivity contribution in [2.75, 3.05) is 31.1 Å². The van der Waals surface area contributed by atoms with Crippen LogP contribution in [0.1, 0.15) is 38.3 Å². The topological polar surface area (TPSA) is 68.7 Å². The lowest BCUT2D eigenvalue weighted by molar-refractivity contribution is 0.0731. The predicted octanol–water partition coefficient (Wildman–Crippen LogP) is 2.16. The molecule has 2 atom stereocenters. The van der Waals surface area contributed by atoms with E-state index in [9.17, 15) is 9.90 Å². The van der Waals surface area contributed by atoms with Crippen LogP contribution in [0.5, 0.6) is 0 Å². The van der Waals surface area contributed by atoms with Gasteiger partial charge in [0.2, 0.25) is 0 Å². The standard InChI is InChI=1S/C19H30N4O2/c1-14-5-3-7-18(20-14)22-11-8-17(9-12-22)21-19(25)23-10-4-6-16(13-23)15(2)24/h3,5,7,15-17,24H,4,6,8-13H2,1-2H3,(H,21,25). The van der Waals surface area contributed by atoms with E-state index in [1.807, 2.05) is 30.9 Å². The van der Waals surface area contributed by atoms with Crippen molar-refractivity contribution < 1.29 is 9.90 Å². The zero-order chi connectivity index (χ0) is 17.8. The minimum Gasteiger partial charge on any atom is -0.393 e. The largest absolute Gasteiger partial charge is 0.393 e. The number of aryl methyl sites for hydroxylation is 1. The van der Waals surface area contributed by atoms with Crippen molar-refractivity contribution in [1.82, 2.24) is 15.2 Å². The molecule has 0 radical (unpaired) electrons. The number of piperidine rings is 2. The number of nitrogens with one attached hydrogen (secondary N) is 1. The molecular formula is C19H30N4O2. The maximum Gasteiger partial charge on any atom is 0.317 e. The Morgan fingerprint density at radius 2 is 2.04 bits per heavy atom. The molecule has 1 aromatic rings. The summed E-state index contributed by atoms with van der Waals surface area (Å²) in [5.41, 5.74) is 1.03. The first-order chi connectivity index (χ1) is 12.0. The molecule has 2 aliphatic heterocycles. The van der Waals surface area contributed by atoms with Crippen LogP contribution >= 0.6 is 0 Å². The highest BCUT2D eigenvalue weighted by molar-refractivity contribution is 5.74. The number of carbonyl (C=O) groups is 1. The van der Waals surface area contributed by atoms with Gasteiger partial charge in [0.25, 0.3) is 0 Å². The Labute approximate surface area is 150 Å². The van der Waals surface area contributed by atoms with Crippen LogP contribution in [0.2, 0.25) is 0 Å². The number of urea groups is 1. The highest BCUT2D eigenvalue weighted by atomic mass is 16.3. The monoisotopic (exact) mass is 346 g/mol. The molecule has 0 saturated carbocycles. The second kappa shape index (κ2) is 8.04.